The molecule has 3 aromatic carbocycles. The van der Waals surface area contributed by atoms with Gasteiger partial charge >= 0.3 is 5.97 Å². The molecule has 0 aliphatic carbocycles. The molecule has 4 aromatic rings. The Bertz CT molecular complexity index is 1890. The summed E-state index contributed by atoms with van der Waals surface area (Å²) in [6, 6.07) is 23.5. The first-order valence-corrected chi connectivity index (χ1v) is 15.7. The molecule has 0 atom stereocenters. The predicted molar refractivity (Wildman–Crippen MR) is 169 cm³/mol. The quantitative estimate of drug-likeness (QED) is 0.141. The summed E-state index contributed by atoms with van der Waals surface area (Å²) in [6.45, 7) is 3.59. The van der Waals surface area contributed by atoms with E-state index >= 15 is 0 Å². The standard InChI is InChI=1S/C33H28Cl2N2O6S/c1-21-7-9-23(10-8-21)19-36(44(40,41)29-15-11-24(34)12-16-29)20-28-14-13-27(43-28)18-30-31(33(39)42-3)22(2)37(32(30)38)26-6-4-5-25(35)17-26/h4-18H,19-20H2,1-3H3/b30-18+. The molecule has 5 rings (SSSR count). The number of aryl methyl sites for hydroxylation is 1. The normalized spacial score (nSPS) is 14.6. The maximum atomic E-state index is 13.7. The van der Waals surface area contributed by atoms with Gasteiger partial charge in [0.2, 0.25) is 10.0 Å². The molecule has 1 aromatic heterocycles. The van der Waals surface area contributed by atoms with E-state index in [2.05, 4.69) is 0 Å². The third kappa shape index (κ3) is 6.51. The molecule has 0 unspecified atom stereocenters. The molecule has 8 nitrogen and oxygen atoms in total. The highest BCUT2D eigenvalue weighted by Gasteiger charge is 2.38. The molecule has 44 heavy (non-hydrogen) atoms. The van der Waals surface area contributed by atoms with Crippen LogP contribution in [0.4, 0.5) is 5.69 Å². The highest BCUT2D eigenvalue weighted by atomic mass is 35.5. The molecule has 2 heterocycles. The van der Waals surface area contributed by atoms with E-state index in [1.54, 1.807) is 43.3 Å². The number of nitrogens with zero attached hydrogens (tertiary/aromatic N) is 2. The summed E-state index contributed by atoms with van der Waals surface area (Å²) in [5.41, 5.74) is 2.87. The summed E-state index contributed by atoms with van der Waals surface area (Å²) < 4.78 is 39.8. The number of benzene rings is 3. The number of sulfonamides is 1. The molecule has 11 heteroatoms. The molecule has 0 bridgehead atoms. The lowest BCUT2D eigenvalue weighted by Crippen LogP contribution is -2.30. The van der Waals surface area contributed by atoms with Crippen molar-refractivity contribution < 1.29 is 27.2 Å². The summed E-state index contributed by atoms with van der Waals surface area (Å²) >= 11 is 12.2. The van der Waals surface area contributed by atoms with Crippen LogP contribution in [0.5, 0.6) is 0 Å². The number of carbonyl (C=O) groups is 2. The first kappa shape index (κ1) is 31.3. The average molecular weight is 652 g/mol. The molecule has 0 saturated heterocycles. The number of anilines is 1. The Hall–Kier alpha value is -4.15. The third-order valence-electron chi connectivity index (χ3n) is 7.09. The van der Waals surface area contributed by atoms with Gasteiger partial charge < -0.3 is 9.15 Å². The minimum atomic E-state index is -3.96. The van der Waals surface area contributed by atoms with Crippen molar-refractivity contribution in [1.29, 1.82) is 0 Å². The summed E-state index contributed by atoms with van der Waals surface area (Å²) in [5.74, 6) is -0.560. The van der Waals surface area contributed by atoms with Crippen LogP contribution < -0.4 is 4.90 Å². The zero-order chi connectivity index (χ0) is 31.6. The van der Waals surface area contributed by atoms with Crippen molar-refractivity contribution in [2.45, 2.75) is 31.8 Å². The van der Waals surface area contributed by atoms with Gasteiger partial charge in [-0.15, -0.1) is 0 Å². The monoisotopic (exact) mass is 650 g/mol. The molecule has 1 amide bonds. The molecule has 0 N–H and O–H groups in total. The highest BCUT2D eigenvalue weighted by molar-refractivity contribution is 7.89. The van der Waals surface area contributed by atoms with Gasteiger partial charge in [0.25, 0.3) is 5.91 Å². The summed E-state index contributed by atoms with van der Waals surface area (Å²) in [7, 11) is -2.72. The first-order chi connectivity index (χ1) is 21.0. The number of furan rings is 1. The van der Waals surface area contributed by atoms with Gasteiger partial charge in [0.05, 0.1) is 35.4 Å². The predicted octanol–water partition coefficient (Wildman–Crippen LogP) is 7.16. The summed E-state index contributed by atoms with van der Waals surface area (Å²) in [4.78, 5) is 27.9. The summed E-state index contributed by atoms with van der Waals surface area (Å²) in [6.07, 6.45) is 1.45. The molecule has 0 radical (unpaired) electrons. The molecule has 0 saturated carbocycles. The number of ether oxygens (including phenoxy) is 1. The van der Waals surface area contributed by atoms with Crippen LogP contribution in [0.3, 0.4) is 0 Å². The Kier molecular flexibility index (Phi) is 9.12. The second kappa shape index (κ2) is 12.8. The number of hydrogen-bond acceptors (Lipinski definition) is 6. The molecular weight excluding hydrogens is 623 g/mol. The van der Waals surface area contributed by atoms with Gasteiger partial charge in [-0.2, -0.15) is 4.31 Å². The van der Waals surface area contributed by atoms with Crippen molar-refractivity contribution >= 4 is 56.9 Å². The fourth-order valence-corrected chi connectivity index (χ4v) is 6.56. The van der Waals surface area contributed by atoms with E-state index in [-0.39, 0.29) is 34.9 Å². The smallest absolute Gasteiger partial charge is 0.340 e. The Morgan fingerprint density at radius 3 is 2.30 bits per heavy atom. The maximum absolute atomic E-state index is 13.7. The van der Waals surface area contributed by atoms with E-state index in [0.717, 1.165) is 11.1 Å². The fourth-order valence-electron chi connectivity index (χ4n) is 4.86. The number of carbonyl (C=O) groups excluding carboxylic acids is 2. The minimum absolute atomic E-state index is 0.0699. The van der Waals surface area contributed by atoms with E-state index in [9.17, 15) is 18.0 Å². The topological polar surface area (TPSA) is 97.1 Å². The fraction of sp³-hybridized carbons (Fsp3) is 0.152. The van der Waals surface area contributed by atoms with Crippen LogP contribution in [-0.2, 0) is 37.4 Å². The number of amides is 1. The Morgan fingerprint density at radius 2 is 1.64 bits per heavy atom. The van der Waals surface area contributed by atoms with Crippen molar-refractivity contribution in [2.24, 2.45) is 0 Å². The van der Waals surface area contributed by atoms with Crippen molar-refractivity contribution in [3.05, 3.63) is 134 Å². The number of methoxy groups -OCH3 is 1. The van der Waals surface area contributed by atoms with E-state index < -0.39 is 21.9 Å². The molecule has 1 aliphatic rings. The van der Waals surface area contributed by atoms with Crippen molar-refractivity contribution in [2.75, 3.05) is 12.0 Å². The zero-order valence-electron chi connectivity index (χ0n) is 24.1. The molecular formula is C33H28Cl2N2O6S. The first-order valence-electron chi connectivity index (χ1n) is 13.5. The van der Waals surface area contributed by atoms with Crippen molar-refractivity contribution in [1.82, 2.24) is 4.31 Å². The van der Waals surface area contributed by atoms with Gasteiger partial charge in [-0.1, -0.05) is 59.1 Å². The lowest BCUT2D eigenvalue weighted by atomic mass is 10.1. The van der Waals surface area contributed by atoms with Gasteiger partial charge in [0.1, 0.15) is 11.5 Å². The Balaban J connectivity index is 1.48. The van der Waals surface area contributed by atoms with Crippen LogP contribution in [0.25, 0.3) is 6.08 Å². The Morgan fingerprint density at radius 1 is 0.932 bits per heavy atom. The van der Waals surface area contributed by atoms with E-state index in [1.165, 1.54) is 46.7 Å². The molecule has 0 spiro atoms. The lowest BCUT2D eigenvalue weighted by molar-refractivity contribution is -0.136. The summed E-state index contributed by atoms with van der Waals surface area (Å²) in [5, 5.41) is 0.850. The average Bonchev–Trinajstić information content (AvgIpc) is 3.54. The van der Waals surface area contributed by atoms with E-state index in [4.69, 9.17) is 32.4 Å². The number of rotatable bonds is 9. The van der Waals surface area contributed by atoms with Crippen molar-refractivity contribution in [3.8, 4) is 0 Å². The van der Waals surface area contributed by atoms with Gasteiger partial charge in [0, 0.05) is 22.3 Å². The number of hydrogen-bond donors (Lipinski definition) is 0. The van der Waals surface area contributed by atoms with Gasteiger partial charge in [-0.3, -0.25) is 9.69 Å². The van der Waals surface area contributed by atoms with Crippen LogP contribution in [0.1, 0.15) is 29.6 Å². The Labute approximate surface area is 265 Å². The van der Waals surface area contributed by atoms with Crippen molar-refractivity contribution in [3.63, 3.8) is 0 Å². The van der Waals surface area contributed by atoms with Gasteiger partial charge in [-0.25, -0.2) is 13.2 Å². The lowest BCUT2D eigenvalue weighted by Gasteiger charge is -2.21. The van der Waals surface area contributed by atoms with E-state index in [1.807, 2.05) is 31.2 Å². The van der Waals surface area contributed by atoms with Gasteiger partial charge in [-0.05, 0) is 80.1 Å². The minimum Gasteiger partial charge on any atom is -0.465 e. The zero-order valence-corrected chi connectivity index (χ0v) is 26.4. The largest absolute Gasteiger partial charge is 0.465 e. The van der Waals surface area contributed by atoms with Gasteiger partial charge in [0.15, 0.2) is 0 Å². The second-order valence-electron chi connectivity index (χ2n) is 10.1. The molecule has 1 aliphatic heterocycles. The second-order valence-corrected chi connectivity index (χ2v) is 13.0. The third-order valence-corrected chi connectivity index (χ3v) is 9.38. The van der Waals surface area contributed by atoms with E-state index in [0.29, 0.717) is 27.2 Å². The number of halogens is 2. The maximum Gasteiger partial charge on any atom is 0.340 e. The molecule has 0 fully saturated rings. The van der Waals surface area contributed by atoms with Crippen LogP contribution in [0, 0.1) is 6.92 Å². The number of esters is 1. The SMILES string of the molecule is COC(=O)C1=C(C)N(c2cccc(Cl)c2)C(=O)/C1=C/c1ccc(CN(Cc2ccc(C)cc2)S(=O)(=O)c2ccc(Cl)cc2)o1. The van der Waals surface area contributed by atoms with Crippen LogP contribution >= 0.6 is 23.2 Å². The van der Waals surface area contributed by atoms with Crippen LogP contribution in [-0.4, -0.2) is 31.7 Å². The van der Waals surface area contributed by atoms with Crippen LogP contribution in [0.15, 0.2) is 111 Å². The highest BCUT2D eigenvalue weighted by Crippen LogP contribution is 2.36. The molecule has 226 valence electrons. The van der Waals surface area contributed by atoms with Crippen LogP contribution in [0.2, 0.25) is 10.0 Å². The number of allylic oxidation sites excluding steroid dienone is 1.